The third kappa shape index (κ3) is 5.49. The number of hydrogen-bond donors (Lipinski definition) is 2. The summed E-state index contributed by atoms with van der Waals surface area (Å²) in [5.74, 6) is 0.561. The second-order valence-electron chi connectivity index (χ2n) is 19.9. The van der Waals surface area contributed by atoms with E-state index in [0.29, 0.717) is 43.5 Å². The van der Waals surface area contributed by atoms with Gasteiger partial charge in [0.2, 0.25) is 5.82 Å². The van der Waals surface area contributed by atoms with Crippen LogP contribution in [-0.4, -0.2) is 89.3 Å². The van der Waals surface area contributed by atoms with E-state index < -0.39 is 11.9 Å². The van der Waals surface area contributed by atoms with Gasteiger partial charge in [0.1, 0.15) is 6.33 Å². The van der Waals surface area contributed by atoms with Crippen molar-refractivity contribution in [3.8, 4) is 0 Å². The molecule has 6 rings (SSSR count). The predicted molar refractivity (Wildman–Crippen MR) is 203 cm³/mol. The van der Waals surface area contributed by atoms with Crippen molar-refractivity contribution in [1.82, 2.24) is 25.0 Å². The summed E-state index contributed by atoms with van der Waals surface area (Å²) in [5.41, 5.74) is -0.157. The Morgan fingerprint density at radius 3 is 2.38 bits per heavy atom. The summed E-state index contributed by atoms with van der Waals surface area (Å²) in [5, 5.41) is 19.5. The summed E-state index contributed by atoms with van der Waals surface area (Å²) in [7, 11) is 5.46. The van der Waals surface area contributed by atoms with Crippen LogP contribution in [0.5, 0.6) is 0 Å². The summed E-state index contributed by atoms with van der Waals surface area (Å²) in [6, 6.07) is -0.163. The SMILES string of the molecule is CN[C@@](C)(CO[C@H]1[C@H](n2cnc(C(=O)N(C)C)n2)CC23COC[C@@]1(C)[C@@H]2CC[C@H]1C3=CC[C@@]2(C)[C@H](C(=O)O)[C@@](C)([C@H](C)C(C)C)CC[C@]12C)C(C)C. The lowest BCUT2D eigenvalue weighted by molar-refractivity contribution is -0.253. The molecule has 2 bridgehead atoms. The highest BCUT2D eigenvalue weighted by Gasteiger charge is 2.72. The van der Waals surface area contributed by atoms with Crippen LogP contribution in [0.1, 0.15) is 124 Å². The summed E-state index contributed by atoms with van der Waals surface area (Å²) in [4.78, 5) is 32.6. The average Bonchev–Trinajstić information content (AvgIpc) is 3.57. The molecule has 1 aromatic rings. The van der Waals surface area contributed by atoms with Crippen molar-refractivity contribution < 1.29 is 24.2 Å². The molecule has 1 saturated heterocycles. The van der Waals surface area contributed by atoms with Crippen LogP contribution < -0.4 is 5.32 Å². The highest BCUT2D eigenvalue weighted by Crippen LogP contribution is 2.75. The molecule has 2 heterocycles. The third-order valence-electron chi connectivity index (χ3n) is 16.9. The van der Waals surface area contributed by atoms with Crippen molar-refractivity contribution in [2.75, 3.05) is 41.0 Å². The molecule has 2 N–H and O–H groups in total. The third-order valence-corrected chi connectivity index (χ3v) is 16.9. The number of likely N-dealkylation sites (N-methyl/N-ethyl adjacent to an activating group) is 1. The summed E-state index contributed by atoms with van der Waals surface area (Å²) < 4.78 is 15.8. The molecule has 0 spiro atoms. The smallest absolute Gasteiger partial charge is 0.307 e. The first-order valence-electron chi connectivity index (χ1n) is 20.1. The normalized spacial score (nSPS) is 41.7. The summed E-state index contributed by atoms with van der Waals surface area (Å²) >= 11 is 0. The second kappa shape index (κ2) is 13.2. The Kier molecular flexibility index (Phi) is 9.98. The number of carbonyl (C=O) groups excluding carboxylic acids is 1. The van der Waals surface area contributed by atoms with E-state index in [1.807, 2.05) is 11.7 Å². The standard InChI is InChI=1S/C42H69N5O5/c1-25(2)27(5)37(6)18-19-39(8)28-14-15-31-38(7)21-51-23-42(31,29(28)16-17-40(39,9)32(37)36(49)50)20-30(33(38)52-22-41(10,43-11)26(3)4)47-24-44-34(45-47)35(48)46(12)13/h16,24-28,30-33,43H,14-15,17-23H2,1-13H3,(H,49,50)/t27-,28+,30-,31+,32-,33+,37-,38+,39-,40+,41+,42?/m1/s1. The average molecular weight is 724 g/mol. The molecular weight excluding hydrogens is 654 g/mol. The van der Waals surface area contributed by atoms with E-state index in [-0.39, 0.29) is 62.4 Å². The molecule has 3 saturated carbocycles. The molecule has 1 aliphatic heterocycles. The van der Waals surface area contributed by atoms with Crippen LogP contribution in [0.3, 0.4) is 0 Å². The minimum atomic E-state index is -0.636. The topological polar surface area (TPSA) is 119 Å². The van der Waals surface area contributed by atoms with Crippen molar-refractivity contribution >= 4 is 11.9 Å². The van der Waals surface area contributed by atoms with Gasteiger partial charge in [0, 0.05) is 30.5 Å². The largest absolute Gasteiger partial charge is 0.481 e. The van der Waals surface area contributed by atoms with E-state index in [1.165, 1.54) is 10.5 Å². The minimum Gasteiger partial charge on any atom is -0.481 e. The quantitative estimate of drug-likeness (QED) is 0.245. The Labute approximate surface area is 313 Å². The molecule has 1 aromatic heterocycles. The number of aromatic nitrogens is 3. The van der Waals surface area contributed by atoms with Crippen LogP contribution in [0.4, 0.5) is 0 Å². The van der Waals surface area contributed by atoms with Crippen molar-refractivity contribution in [2.45, 2.75) is 125 Å². The molecular formula is C42H69N5O5. The Morgan fingerprint density at radius 2 is 1.79 bits per heavy atom. The highest BCUT2D eigenvalue weighted by molar-refractivity contribution is 5.89. The number of nitrogens with one attached hydrogen (secondary N) is 1. The number of allylic oxidation sites excluding steroid dienone is 1. The number of carboxylic acid groups (broad SMARTS) is 1. The number of carboxylic acids is 1. The zero-order valence-electron chi connectivity index (χ0n) is 34.5. The number of rotatable bonds is 10. The highest BCUT2D eigenvalue weighted by atomic mass is 16.5. The van der Waals surface area contributed by atoms with E-state index in [1.54, 1.807) is 20.4 Å². The van der Waals surface area contributed by atoms with Gasteiger partial charge in [-0.3, -0.25) is 9.59 Å². The fraction of sp³-hybridized carbons (Fsp3) is 0.857. The van der Waals surface area contributed by atoms with Crippen LogP contribution >= 0.6 is 0 Å². The van der Waals surface area contributed by atoms with E-state index in [0.717, 1.165) is 38.5 Å². The number of amides is 1. The molecule has 12 atom stereocenters. The van der Waals surface area contributed by atoms with Gasteiger partial charge < -0.3 is 24.8 Å². The minimum absolute atomic E-state index is 0.163. The monoisotopic (exact) mass is 724 g/mol. The maximum absolute atomic E-state index is 13.5. The number of ether oxygens (including phenoxy) is 2. The van der Waals surface area contributed by atoms with Gasteiger partial charge in [-0.05, 0) is 98.3 Å². The maximum Gasteiger partial charge on any atom is 0.307 e. The first-order chi connectivity index (χ1) is 24.2. The van der Waals surface area contributed by atoms with Crippen LogP contribution in [0.2, 0.25) is 0 Å². The van der Waals surface area contributed by atoms with Gasteiger partial charge in [-0.1, -0.05) is 74.0 Å². The van der Waals surface area contributed by atoms with Gasteiger partial charge >= 0.3 is 5.97 Å². The van der Waals surface area contributed by atoms with Crippen molar-refractivity contribution in [3.63, 3.8) is 0 Å². The lowest BCUT2D eigenvalue weighted by Crippen LogP contribution is -2.69. The molecule has 0 radical (unpaired) electrons. The second-order valence-corrected chi connectivity index (χ2v) is 19.9. The molecule has 10 heteroatoms. The van der Waals surface area contributed by atoms with E-state index in [2.05, 4.69) is 85.6 Å². The molecule has 1 unspecified atom stereocenters. The van der Waals surface area contributed by atoms with Crippen molar-refractivity contribution in [3.05, 3.63) is 23.8 Å². The molecule has 10 nitrogen and oxygen atoms in total. The van der Waals surface area contributed by atoms with E-state index in [9.17, 15) is 14.7 Å². The predicted octanol–water partition coefficient (Wildman–Crippen LogP) is 7.13. The Morgan fingerprint density at radius 1 is 1.10 bits per heavy atom. The zero-order valence-corrected chi connectivity index (χ0v) is 34.5. The number of hydrogen-bond acceptors (Lipinski definition) is 7. The van der Waals surface area contributed by atoms with Gasteiger partial charge in [-0.15, -0.1) is 5.10 Å². The maximum atomic E-state index is 13.5. The van der Waals surface area contributed by atoms with Gasteiger partial charge in [0.05, 0.1) is 37.9 Å². The van der Waals surface area contributed by atoms with Gasteiger partial charge in [-0.2, -0.15) is 0 Å². The Balaban J connectivity index is 1.46. The number of aliphatic carboxylic acids is 1. The number of nitrogens with zero attached hydrogens (tertiary/aromatic N) is 4. The van der Waals surface area contributed by atoms with Crippen LogP contribution in [0, 0.1) is 62.6 Å². The van der Waals surface area contributed by atoms with Gasteiger partial charge in [0.15, 0.2) is 0 Å². The summed E-state index contributed by atoms with van der Waals surface area (Å²) in [6.07, 6.45) is 9.57. The lowest BCUT2D eigenvalue weighted by Gasteiger charge is -2.71. The van der Waals surface area contributed by atoms with Crippen LogP contribution in [-0.2, 0) is 14.3 Å². The molecule has 292 valence electrons. The van der Waals surface area contributed by atoms with Crippen molar-refractivity contribution in [1.29, 1.82) is 0 Å². The fourth-order valence-electron chi connectivity index (χ4n) is 12.7. The first kappa shape index (κ1) is 39.4. The van der Waals surface area contributed by atoms with Gasteiger partial charge in [0.25, 0.3) is 5.91 Å². The number of fused-ring (bicyclic) bond motifs is 3. The van der Waals surface area contributed by atoms with Gasteiger partial charge in [-0.25, -0.2) is 9.67 Å². The molecule has 52 heavy (non-hydrogen) atoms. The van der Waals surface area contributed by atoms with Crippen LogP contribution in [0.25, 0.3) is 0 Å². The zero-order chi connectivity index (χ0) is 38.4. The Bertz CT molecular complexity index is 1570. The lowest BCUT2D eigenvalue weighted by atomic mass is 9.34. The van der Waals surface area contributed by atoms with E-state index >= 15 is 0 Å². The first-order valence-corrected chi connectivity index (χ1v) is 20.1. The number of carbonyl (C=O) groups is 2. The van der Waals surface area contributed by atoms with Crippen molar-refractivity contribution in [2.24, 2.45) is 62.6 Å². The molecule has 0 aromatic carbocycles. The molecule has 4 fully saturated rings. The van der Waals surface area contributed by atoms with E-state index in [4.69, 9.17) is 14.6 Å². The fourth-order valence-corrected chi connectivity index (χ4v) is 12.7. The summed E-state index contributed by atoms with van der Waals surface area (Å²) in [6.45, 7) is 24.6. The molecule has 4 aliphatic carbocycles. The van der Waals surface area contributed by atoms with Crippen LogP contribution in [0.15, 0.2) is 18.0 Å². The molecule has 1 amide bonds. The Hall–Kier alpha value is -2.30. The molecule has 5 aliphatic rings.